The predicted molar refractivity (Wildman–Crippen MR) is 115 cm³/mol. The van der Waals surface area contributed by atoms with Gasteiger partial charge in [-0.1, -0.05) is 42.0 Å². The Hall–Kier alpha value is -3.33. The van der Waals surface area contributed by atoms with E-state index in [1.807, 2.05) is 53.1 Å². The molecule has 0 aliphatic heterocycles. The molecule has 0 bridgehead atoms. The number of ether oxygens (including phenoxy) is 1. The van der Waals surface area contributed by atoms with Gasteiger partial charge in [-0.05, 0) is 72.3 Å². The van der Waals surface area contributed by atoms with Crippen LogP contribution in [-0.2, 0) is 6.54 Å². The Morgan fingerprint density at radius 2 is 1.64 bits per heavy atom. The number of aryl methyl sites for hydroxylation is 2. The van der Waals surface area contributed by atoms with E-state index < -0.39 is 0 Å². The third-order valence-corrected chi connectivity index (χ3v) is 5.23. The van der Waals surface area contributed by atoms with Gasteiger partial charge < -0.3 is 9.30 Å². The van der Waals surface area contributed by atoms with Crippen molar-refractivity contribution in [3.05, 3.63) is 99.8 Å². The van der Waals surface area contributed by atoms with Gasteiger partial charge in [0.25, 0.3) is 5.56 Å². The van der Waals surface area contributed by atoms with E-state index in [1.165, 1.54) is 11.1 Å². The molecule has 140 valence electrons. The summed E-state index contributed by atoms with van der Waals surface area (Å²) in [5, 5.41) is 1.69. The summed E-state index contributed by atoms with van der Waals surface area (Å²) in [5.74, 6) is 0.799. The van der Waals surface area contributed by atoms with Gasteiger partial charge in [0.05, 0.1) is 19.3 Å². The van der Waals surface area contributed by atoms with E-state index in [2.05, 4.69) is 38.1 Å². The fourth-order valence-corrected chi connectivity index (χ4v) is 3.65. The monoisotopic (exact) mass is 369 g/mol. The van der Waals surface area contributed by atoms with Gasteiger partial charge in [-0.15, -0.1) is 0 Å². The molecule has 3 nitrogen and oxygen atoms in total. The Bertz CT molecular complexity index is 1200. The fraction of sp³-hybridized carbons (Fsp3) is 0.160. The highest BCUT2D eigenvalue weighted by Crippen LogP contribution is 2.26. The molecule has 3 heteroatoms. The lowest BCUT2D eigenvalue weighted by molar-refractivity contribution is 0.415. The van der Waals surface area contributed by atoms with Crippen molar-refractivity contribution in [2.24, 2.45) is 0 Å². The highest BCUT2D eigenvalue weighted by Gasteiger charge is 2.12. The normalized spacial score (nSPS) is 11.0. The lowest BCUT2D eigenvalue weighted by Gasteiger charge is -2.17. The minimum atomic E-state index is 0.0314. The maximum atomic E-state index is 13.4. The molecule has 0 fully saturated rings. The van der Waals surface area contributed by atoms with Crippen LogP contribution >= 0.6 is 0 Å². The maximum Gasteiger partial charge on any atom is 0.259 e. The van der Waals surface area contributed by atoms with Gasteiger partial charge >= 0.3 is 0 Å². The summed E-state index contributed by atoms with van der Waals surface area (Å²) in [6.45, 7) is 4.72. The third kappa shape index (κ3) is 3.31. The van der Waals surface area contributed by atoms with E-state index in [1.54, 1.807) is 7.11 Å². The first-order valence-electron chi connectivity index (χ1n) is 9.40. The molecular formula is C25H23NO2. The van der Waals surface area contributed by atoms with E-state index in [4.69, 9.17) is 4.74 Å². The lowest BCUT2D eigenvalue weighted by atomic mass is 10.0. The zero-order valence-corrected chi connectivity index (χ0v) is 16.4. The quantitative estimate of drug-likeness (QED) is 0.486. The van der Waals surface area contributed by atoms with Crippen molar-refractivity contribution < 1.29 is 4.74 Å². The van der Waals surface area contributed by atoms with Crippen LogP contribution in [0.5, 0.6) is 5.75 Å². The fourth-order valence-electron chi connectivity index (χ4n) is 3.65. The topological polar surface area (TPSA) is 31.2 Å². The van der Waals surface area contributed by atoms with Crippen molar-refractivity contribution in [3.8, 4) is 17.0 Å². The van der Waals surface area contributed by atoms with Crippen molar-refractivity contribution in [1.82, 2.24) is 4.57 Å². The van der Waals surface area contributed by atoms with Gasteiger partial charge in [0.15, 0.2) is 0 Å². The summed E-state index contributed by atoms with van der Waals surface area (Å²) in [4.78, 5) is 13.4. The van der Waals surface area contributed by atoms with Crippen LogP contribution in [0.2, 0.25) is 0 Å². The molecule has 28 heavy (non-hydrogen) atoms. The Morgan fingerprint density at radius 3 is 2.36 bits per heavy atom. The lowest BCUT2D eigenvalue weighted by Crippen LogP contribution is -2.23. The summed E-state index contributed by atoms with van der Waals surface area (Å²) >= 11 is 0. The molecule has 0 saturated heterocycles. The molecule has 3 aromatic carbocycles. The van der Waals surface area contributed by atoms with E-state index in [9.17, 15) is 4.79 Å². The molecule has 0 N–H and O–H groups in total. The first-order valence-corrected chi connectivity index (χ1v) is 9.40. The molecule has 0 unspecified atom stereocenters. The number of hydrogen-bond acceptors (Lipinski definition) is 2. The van der Waals surface area contributed by atoms with Crippen LogP contribution in [0.1, 0.15) is 16.7 Å². The van der Waals surface area contributed by atoms with Gasteiger partial charge in [0, 0.05) is 5.39 Å². The van der Waals surface area contributed by atoms with Crippen LogP contribution in [0.3, 0.4) is 0 Å². The number of fused-ring (bicyclic) bond motifs is 1. The Morgan fingerprint density at radius 1 is 0.893 bits per heavy atom. The van der Waals surface area contributed by atoms with Crippen molar-refractivity contribution >= 4 is 10.8 Å². The van der Waals surface area contributed by atoms with Crippen LogP contribution in [0, 0.1) is 13.8 Å². The summed E-state index contributed by atoms with van der Waals surface area (Å²) in [6, 6.07) is 24.1. The summed E-state index contributed by atoms with van der Waals surface area (Å²) in [7, 11) is 1.65. The van der Waals surface area contributed by atoms with Gasteiger partial charge in [-0.3, -0.25) is 4.79 Å². The standard InChI is InChI=1S/C25H23NO2/c1-17-8-9-21(18(2)14-17)16-26-24(19-10-12-22(28-3)13-11-19)15-20-6-4-5-7-23(20)25(26)27/h4-15H,16H2,1-3H3. The number of rotatable bonds is 4. The van der Waals surface area contributed by atoms with Crippen molar-refractivity contribution in [3.63, 3.8) is 0 Å². The average molecular weight is 369 g/mol. The number of benzene rings is 3. The van der Waals surface area contributed by atoms with Gasteiger partial charge in [0.1, 0.15) is 5.75 Å². The molecule has 1 heterocycles. The molecule has 0 aliphatic rings. The number of pyridine rings is 1. The first-order chi connectivity index (χ1) is 13.6. The van der Waals surface area contributed by atoms with Crippen LogP contribution in [0.25, 0.3) is 22.0 Å². The highest BCUT2D eigenvalue weighted by molar-refractivity contribution is 5.85. The van der Waals surface area contributed by atoms with E-state index >= 15 is 0 Å². The first kappa shape index (κ1) is 18.1. The second kappa shape index (κ2) is 7.35. The SMILES string of the molecule is COc1ccc(-c2cc3ccccc3c(=O)n2Cc2ccc(C)cc2C)cc1. The number of hydrogen-bond donors (Lipinski definition) is 0. The molecule has 4 rings (SSSR count). The maximum absolute atomic E-state index is 13.4. The van der Waals surface area contributed by atoms with E-state index in [-0.39, 0.29) is 5.56 Å². The Labute approximate surface area is 164 Å². The highest BCUT2D eigenvalue weighted by atomic mass is 16.5. The predicted octanol–water partition coefficient (Wildman–Crippen LogP) is 5.34. The zero-order chi connectivity index (χ0) is 19.7. The van der Waals surface area contributed by atoms with E-state index in [0.717, 1.165) is 33.3 Å². The second-order valence-electron chi connectivity index (χ2n) is 7.17. The molecule has 4 aromatic rings. The Kier molecular flexibility index (Phi) is 4.74. The van der Waals surface area contributed by atoms with E-state index in [0.29, 0.717) is 6.54 Å². The molecule has 1 aromatic heterocycles. The third-order valence-electron chi connectivity index (χ3n) is 5.23. The average Bonchev–Trinajstić information content (AvgIpc) is 2.71. The van der Waals surface area contributed by atoms with Crippen LogP contribution in [-0.4, -0.2) is 11.7 Å². The van der Waals surface area contributed by atoms with Crippen molar-refractivity contribution in [2.75, 3.05) is 7.11 Å². The summed E-state index contributed by atoms with van der Waals surface area (Å²) in [6.07, 6.45) is 0. The van der Waals surface area contributed by atoms with Crippen molar-refractivity contribution in [1.29, 1.82) is 0 Å². The molecular weight excluding hydrogens is 346 g/mol. The second-order valence-corrected chi connectivity index (χ2v) is 7.17. The van der Waals surface area contributed by atoms with Gasteiger partial charge in [0.2, 0.25) is 0 Å². The molecule has 0 spiro atoms. The minimum Gasteiger partial charge on any atom is -0.497 e. The number of nitrogens with zero attached hydrogens (tertiary/aromatic N) is 1. The van der Waals surface area contributed by atoms with Crippen molar-refractivity contribution in [2.45, 2.75) is 20.4 Å². The van der Waals surface area contributed by atoms with Crippen LogP contribution in [0.15, 0.2) is 77.6 Å². The molecule has 0 atom stereocenters. The van der Waals surface area contributed by atoms with Gasteiger partial charge in [-0.2, -0.15) is 0 Å². The summed E-state index contributed by atoms with van der Waals surface area (Å²) in [5.41, 5.74) is 5.50. The molecule has 0 saturated carbocycles. The molecule has 0 amide bonds. The zero-order valence-electron chi connectivity index (χ0n) is 16.4. The van der Waals surface area contributed by atoms with Crippen LogP contribution in [0.4, 0.5) is 0 Å². The molecule has 0 radical (unpaired) electrons. The minimum absolute atomic E-state index is 0.0314. The Balaban J connectivity index is 1.93. The smallest absolute Gasteiger partial charge is 0.259 e. The van der Waals surface area contributed by atoms with Crippen LogP contribution < -0.4 is 10.3 Å². The number of methoxy groups -OCH3 is 1. The largest absolute Gasteiger partial charge is 0.497 e. The number of aromatic nitrogens is 1. The molecule has 0 aliphatic carbocycles. The summed E-state index contributed by atoms with van der Waals surface area (Å²) < 4.78 is 7.16. The van der Waals surface area contributed by atoms with Gasteiger partial charge in [-0.25, -0.2) is 0 Å².